The summed E-state index contributed by atoms with van der Waals surface area (Å²) < 4.78 is 18.3. The summed E-state index contributed by atoms with van der Waals surface area (Å²) in [6.45, 7) is 0.146. The van der Waals surface area contributed by atoms with Crippen LogP contribution in [0.3, 0.4) is 0 Å². The summed E-state index contributed by atoms with van der Waals surface area (Å²) in [6, 6.07) is 10.8. The third-order valence-electron chi connectivity index (χ3n) is 4.32. The van der Waals surface area contributed by atoms with Crippen molar-refractivity contribution in [2.75, 3.05) is 13.6 Å². The number of rotatable bonds is 9. The van der Waals surface area contributed by atoms with Crippen LogP contribution in [0.5, 0.6) is 5.75 Å². The van der Waals surface area contributed by atoms with Gasteiger partial charge in [-0.15, -0.1) is 0 Å². The molecule has 1 atom stereocenters. The van der Waals surface area contributed by atoms with Crippen molar-refractivity contribution in [3.05, 3.63) is 65.5 Å². The summed E-state index contributed by atoms with van der Waals surface area (Å²) in [4.78, 5) is 36.8. The number of ether oxygens (including phenoxy) is 1. The van der Waals surface area contributed by atoms with Crippen molar-refractivity contribution in [2.24, 2.45) is 0 Å². The van der Waals surface area contributed by atoms with E-state index in [1.54, 1.807) is 24.3 Å². The van der Waals surface area contributed by atoms with Gasteiger partial charge >= 0.3 is 12.1 Å². The number of carbonyl (C=O) groups is 3. The van der Waals surface area contributed by atoms with Gasteiger partial charge in [0, 0.05) is 13.6 Å². The van der Waals surface area contributed by atoms with Crippen LogP contribution < -0.4 is 5.32 Å². The van der Waals surface area contributed by atoms with Gasteiger partial charge in [-0.2, -0.15) is 0 Å². The number of phenols is 1. The zero-order valence-corrected chi connectivity index (χ0v) is 16.4. The molecule has 2 rings (SSSR count). The largest absolute Gasteiger partial charge is 0.507 e. The molecule has 0 fully saturated rings. The van der Waals surface area contributed by atoms with Crippen LogP contribution in [-0.2, 0) is 16.1 Å². The molecular formula is C21H23FN2O6. The first kappa shape index (κ1) is 22.7. The van der Waals surface area contributed by atoms with Gasteiger partial charge in [-0.25, -0.2) is 14.0 Å². The second kappa shape index (κ2) is 10.8. The van der Waals surface area contributed by atoms with E-state index in [1.807, 2.05) is 6.07 Å². The number of amides is 2. The van der Waals surface area contributed by atoms with E-state index in [0.29, 0.717) is 0 Å². The molecule has 0 saturated carbocycles. The summed E-state index contributed by atoms with van der Waals surface area (Å²) in [5, 5.41) is 21.3. The van der Waals surface area contributed by atoms with Gasteiger partial charge in [-0.05, 0) is 36.6 Å². The van der Waals surface area contributed by atoms with Crippen LogP contribution in [0.4, 0.5) is 9.18 Å². The smallest absolute Gasteiger partial charge is 0.408 e. The highest BCUT2D eigenvalue weighted by Crippen LogP contribution is 2.19. The molecule has 2 aromatic carbocycles. The molecular weight excluding hydrogens is 395 g/mol. The van der Waals surface area contributed by atoms with Crippen LogP contribution in [0.2, 0.25) is 0 Å². The Labute approximate surface area is 172 Å². The number of carboxylic acid groups (broad SMARTS) is 1. The van der Waals surface area contributed by atoms with Crippen LogP contribution in [0.25, 0.3) is 0 Å². The second-order valence-electron chi connectivity index (χ2n) is 6.63. The van der Waals surface area contributed by atoms with Gasteiger partial charge in [0.05, 0.1) is 5.56 Å². The summed E-state index contributed by atoms with van der Waals surface area (Å²) in [7, 11) is 1.45. The Morgan fingerprint density at radius 3 is 2.53 bits per heavy atom. The number of halogens is 1. The summed E-state index contributed by atoms with van der Waals surface area (Å²) >= 11 is 0. The van der Waals surface area contributed by atoms with Crippen molar-refractivity contribution in [3.63, 3.8) is 0 Å². The van der Waals surface area contributed by atoms with Gasteiger partial charge in [0.15, 0.2) is 0 Å². The van der Waals surface area contributed by atoms with Crippen molar-refractivity contribution >= 4 is 18.0 Å². The lowest BCUT2D eigenvalue weighted by molar-refractivity contribution is -0.139. The number of hydrogen-bond acceptors (Lipinski definition) is 5. The van der Waals surface area contributed by atoms with Gasteiger partial charge in [0.2, 0.25) is 0 Å². The van der Waals surface area contributed by atoms with E-state index in [2.05, 4.69) is 5.32 Å². The Morgan fingerprint density at radius 2 is 1.87 bits per heavy atom. The van der Waals surface area contributed by atoms with E-state index >= 15 is 0 Å². The lowest BCUT2D eigenvalue weighted by Crippen LogP contribution is -2.41. The third-order valence-corrected chi connectivity index (χ3v) is 4.32. The molecule has 160 valence electrons. The molecule has 2 amide bonds. The average Bonchev–Trinajstić information content (AvgIpc) is 2.73. The van der Waals surface area contributed by atoms with Gasteiger partial charge in [-0.1, -0.05) is 30.3 Å². The number of carboxylic acids is 1. The Kier molecular flexibility index (Phi) is 8.16. The van der Waals surface area contributed by atoms with Gasteiger partial charge in [-0.3, -0.25) is 4.79 Å². The number of alkyl carbamates (subject to hydrolysis) is 1. The first-order valence-electron chi connectivity index (χ1n) is 9.22. The maximum atomic E-state index is 13.3. The molecule has 0 heterocycles. The molecule has 3 N–H and O–H groups in total. The Morgan fingerprint density at radius 1 is 1.17 bits per heavy atom. The minimum atomic E-state index is -1.23. The first-order chi connectivity index (χ1) is 14.3. The lowest BCUT2D eigenvalue weighted by Gasteiger charge is -2.19. The zero-order chi connectivity index (χ0) is 22.1. The number of benzene rings is 2. The van der Waals surface area contributed by atoms with Crippen LogP contribution in [0.15, 0.2) is 48.5 Å². The number of nitrogens with one attached hydrogen (secondary N) is 1. The summed E-state index contributed by atoms with van der Waals surface area (Å²) in [5.41, 5.74) is 0.579. The highest BCUT2D eigenvalue weighted by molar-refractivity contribution is 5.96. The molecule has 30 heavy (non-hydrogen) atoms. The minimum absolute atomic E-state index is 0.00732. The van der Waals surface area contributed by atoms with E-state index in [0.717, 1.165) is 23.8 Å². The first-order valence-corrected chi connectivity index (χ1v) is 9.22. The highest BCUT2D eigenvalue weighted by Gasteiger charge is 2.22. The average molecular weight is 418 g/mol. The number of phenolic OH excluding ortho intramolecular Hbond substituents is 1. The molecule has 0 spiro atoms. The topological polar surface area (TPSA) is 116 Å². The Hall–Kier alpha value is -3.62. The van der Waals surface area contributed by atoms with E-state index in [9.17, 15) is 29.0 Å². The molecule has 0 aliphatic heterocycles. The molecule has 0 saturated heterocycles. The number of carbonyl (C=O) groups excluding carboxylic acids is 2. The predicted molar refractivity (Wildman–Crippen MR) is 105 cm³/mol. The second-order valence-corrected chi connectivity index (χ2v) is 6.63. The van der Waals surface area contributed by atoms with Crippen molar-refractivity contribution in [1.29, 1.82) is 0 Å². The fourth-order valence-electron chi connectivity index (χ4n) is 2.68. The molecule has 0 aliphatic rings. The van der Waals surface area contributed by atoms with E-state index in [-0.39, 0.29) is 37.3 Å². The maximum absolute atomic E-state index is 13.3. The summed E-state index contributed by atoms with van der Waals surface area (Å²) in [6.07, 6.45) is -0.572. The number of nitrogens with zero attached hydrogens (tertiary/aromatic N) is 1. The quantitative estimate of drug-likeness (QED) is 0.577. The number of aromatic hydroxyl groups is 1. The fourth-order valence-corrected chi connectivity index (χ4v) is 2.68. The highest BCUT2D eigenvalue weighted by atomic mass is 19.1. The van der Waals surface area contributed by atoms with Gasteiger partial charge in [0.25, 0.3) is 5.91 Å². The monoisotopic (exact) mass is 418 g/mol. The lowest BCUT2D eigenvalue weighted by atomic mass is 10.1. The minimum Gasteiger partial charge on any atom is -0.507 e. The van der Waals surface area contributed by atoms with Crippen LogP contribution in [0.1, 0.15) is 28.8 Å². The normalized spacial score (nSPS) is 11.4. The molecule has 0 radical (unpaired) electrons. The Bertz CT molecular complexity index is 890. The van der Waals surface area contributed by atoms with Crippen molar-refractivity contribution < 1.29 is 33.7 Å². The van der Waals surface area contributed by atoms with Crippen LogP contribution in [0, 0.1) is 5.82 Å². The molecule has 0 aromatic heterocycles. The SMILES string of the molecule is CN(CCC[C@H](NC(=O)OCc1ccccc1)C(=O)O)C(=O)c1cc(F)ccc1O. The third kappa shape index (κ3) is 6.77. The van der Waals surface area contributed by atoms with Gasteiger partial charge in [0.1, 0.15) is 24.2 Å². The summed E-state index contributed by atoms with van der Waals surface area (Å²) in [5.74, 6) is -2.84. The van der Waals surface area contributed by atoms with E-state index in [4.69, 9.17) is 4.74 Å². The molecule has 9 heteroatoms. The Balaban J connectivity index is 1.82. The van der Waals surface area contributed by atoms with Crippen molar-refractivity contribution in [1.82, 2.24) is 10.2 Å². The molecule has 0 aliphatic carbocycles. The van der Waals surface area contributed by atoms with Crippen molar-refractivity contribution in [2.45, 2.75) is 25.5 Å². The maximum Gasteiger partial charge on any atom is 0.408 e. The number of hydrogen-bond donors (Lipinski definition) is 3. The van der Waals surface area contributed by atoms with Crippen LogP contribution >= 0.6 is 0 Å². The van der Waals surface area contributed by atoms with E-state index in [1.165, 1.54) is 11.9 Å². The molecule has 0 bridgehead atoms. The zero-order valence-electron chi connectivity index (χ0n) is 16.4. The molecule has 2 aromatic rings. The fraction of sp³-hybridized carbons (Fsp3) is 0.286. The van der Waals surface area contributed by atoms with Crippen LogP contribution in [-0.4, -0.2) is 52.7 Å². The molecule has 0 unspecified atom stereocenters. The molecule has 8 nitrogen and oxygen atoms in total. The van der Waals surface area contributed by atoms with Crippen molar-refractivity contribution in [3.8, 4) is 5.75 Å². The van der Waals surface area contributed by atoms with Gasteiger partial charge < -0.3 is 25.2 Å². The standard InChI is InChI=1S/C21H23FN2O6/c1-24(19(26)16-12-15(22)9-10-18(16)25)11-5-8-17(20(27)28)23-21(29)30-13-14-6-3-2-4-7-14/h2-4,6-7,9-10,12,17,25H,5,8,11,13H2,1H3,(H,23,29)(H,27,28)/t17-/m0/s1. The number of aliphatic carboxylic acids is 1. The van der Waals surface area contributed by atoms with E-state index < -0.39 is 29.8 Å². The predicted octanol–water partition coefficient (Wildman–Crippen LogP) is 2.76.